The van der Waals surface area contributed by atoms with Crippen molar-refractivity contribution in [3.63, 3.8) is 0 Å². The van der Waals surface area contributed by atoms with Crippen LogP contribution in [0.25, 0.3) is 21.2 Å². The molecule has 116 valence electrons. The first-order valence-corrected chi connectivity index (χ1v) is 8.97. The van der Waals surface area contributed by atoms with Crippen LogP contribution < -0.4 is 0 Å². The van der Waals surface area contributed by atoms with Gasteiger partial charge in [0.05, 0.1) is 16.0 Å². The molecule has 3 nitrogen and oxygen atoms in total. The third kappa shape index (κ3) is 4.13. The molecule has 0 aliphatic rings. The Kier molecular flexibility index (Phi) is 5.00. The van der Waals surface area contributed by atoms with Gasteiger partial charge in [-0.2, -0.15) is 0 Å². The van der Waals surface area contributed by atoms with Gasteiger partial charge >= 0.3 is 5.97 Å². The number of hydrogen-bond donors (Lipinski definition) is 1. The van der Waals surface area contributed by atoms with E-state index in [0.29, 0.717) is 5.02 Å². The molecule has 6 heteroatoms. The number of thioether (sulfide) groups is 1. The van der Waals surface area contributed by atoms with E-state index in [2.05, 4.69) is 4.98 Å². The molecule has 23 heavy (non-hydrogen) atoms. The lowest BCUT2D eigenvalue weighted by Crippen LogP contribution is -1.97. The van der Waals surface area contributed by atoms with Gasteiger partial charge in [-0.1, -0.05) is 35.9 Å². The van der Waals surface area contributed by atoms with Crippen LogP contribution in [0.4, 0.5) is 0 Å². The predicted octanol–water partition coefficient (Wildman–Crippen LogP) is 5.27. The number of aliphatic carboxylic acids is 1. The smallest absolute Gasteiger partial charge is 0.313 e. The second-order valence-electron chi connectivity index (χ2n) is 4.73. The van der Waals surface area contributed by atoms with Gasteiger partial charge in [-0.15, -0.1) is 23.1 Å². The van der Waals surface area contributed by atoms with Crippen molar-refractivity contribution >= 4 is 61.9 Å². The minimum Gasteiger partial charge on any atom is -0.481 e. The molecule has 0 aliphatic carbocycles. The van der Waals surface area contributed by atoms with E-state index in [1.807, 2.05) is 54.6 Å². The zero-order chi connectivity index (χ0) is 16.2. The van der Waals surface area contributed by atoms with Crippen LogP contribution in [0, 0.1) is 0 Å². The number of halogens is 1. The van der Waals surface area contributed by atoms with Gasteiger partial charge in [0.25, 0.3) is 0 Å². The van der Waals surface area contributed by atoms with Gasteiger partial charge in [0.15, 0.2) is 0 Å². The standard InChI is InChI=1S/C17H12ClNO2S2/c18-12-7-5-11(6-8-12)9-15(22-10-16(20)21)17-19-13-3-1-2-4-14(13)23-17/h1-9H,10H2,(H,20,21)/b15-9-. The quantitative estimate of drug-likeness (QED) is 0.672. The Morgan fingerprint density at radius 2 is 1.96 bits per heavy atom. The summed E-state index contributed by atoms with van der Waals surface area (Å²) in [6, 6.07) is 15.3. The molecule has 3 rings (SSSR count). The molecule has 3 aromatic rings. The lowest BCUT2D eigenvalue weighted by molar-refractivity contribution is -0.133. The van der Waals surface area contributed by atoms with E-state index < -0.39 is 5.97 Å². The third-order valence-electron chi connectivity index (χ3n) is 3.02. The topological polar surface area (TPSA) is 50.2 Å². The molecular weight excluding hydrogens is 350 g/mol. The Labute approximate surface area is 146 Å². The van der Waals surface area contributed by atoms with Crippen LogP contribution in [-0.2, 0) is 4.79 Å². The van der Waals surface area contributed by atoms with E-state index in [1.165, 1.54) is 11.8 Å². The molecule has 0 fully saturated rings. The van der Waals surface area contributed by atoms with Crippen molar-refractivity contribution in [2.24, 2.45) is 0 Å². The van der Waals surface area contributed by atoms with Crippen molar-refractivity contribution < 1.29 is 9.90 Å². The summed E-state index contributed by atoms with van der Waals surface area (Å²) in [6.45, 7) is 0. The van der Waals surface area contributed by atoms with E-state index in [1.54, 1.807) is 11.3 Å². The van der Waals surface area contributed by atoms with E-state index in [-0.39, 0.29) is 5.75 Å². The summed E-state index contributed by atoms with van der Waals surface area (Å²) in [6.07, 6.45) is 1.95. The number of thiazole rings is 1. The van der Waals surface area contributed by atoms with Crippen LogP contribution in [-0.4, -0.2) is 21.8 Å². The first-order valence-electron chi connectivity index (χ1n) is 6.79. The Bertz CT molecular complexity index is 839. The maximum Gasteiger partial charge on any atom is 0.313 e. The highest BCUT2D eigenvalue weighted by Crippen LogP contribution is 2.35. The van der Waals surface area contributed by atoms with E-state index in [4.69, 9.17) is 16.7 Å². The summed E-state index contributed by atoms with van der Waals surface area (Å²) in [5.74, 6) is -0.854. The van der Waals surface area contributed by atoms with Crippen molar-refractivity contribution in [3.05, 3.63) is 64.1 Å². The number of rotatable bonds is 5. The second-order valence-corrected chi connectivity index (χ2v) is 7.21. The van der Waals surface area contributed by atoms with Crippen LogP contribution >= 0.6 is 34.7 Å². The number of carboxylic acid groups (broad SMARTS) is 1. The predicted molar refractivity (Wildman–Crippen MR) is 99.0 cm³/mol. The van der Waals surface area contributed by atoms with Gasteiger partial charge in [0.2, 0.25) is 0 Å². The average molecular weight is 362 g/mol. The number of para-hydroxylation sites is 1. The molecule has 0 unspecified atom stereocenters. The van der Waals surface area contributed by atoms with Crippen molar-refractivity contribution in [2.75, 3.05) is 5.75 Å². The molecule has 0 spiro atoms. The van der Waals surface area contributed by atoms with Crippen LogP contribution in [0.1, 0.15) is 10.6 Å². The zero-order valence-corrected chi connectivity index (χ0v) is 14.3. The molecule has 0 saturated heterocycles. The Morgan fingerprint density at radius 3 is 2.65 bits per heavy atom. The Balaban J connectivity index is 2.00. The zero-order valence-electron chi connectivity index (χ0n) is 11.9. The minimum absolute atomic E-state index is 0.00461. The third-order valence-corrected chi connectivity index (χ3v) is 5.49. The molecule has 1 aromatic heterocycles. The average Bonchev–Trinajstić information content (AvgIpc) is 2.97. The van der Waals surface area contributed by atoms with Crippen molar-refractivity contribution in [3.8, 4) is 0 Å². The molecule has 1 N–H and O–H groups in total. The van der Waals surface area contributed by atoms with Crippen LogP contribution in [0.2, 0.25) is 5.02 Å². The lowest BCUT2D eigenvalue weighted by Gasteiger charge is -2.03. The fourth-order valence-electron chi connectivity index (χ4n) is 1.99. The van der Waals surface area contributed by atoms with Crippen LogP contribution in [0.15, 0.2) is 48.5 Å². The minimum atomic E-state index is -0.849. The molecule has 2 aromatic carbocycles. The number of benzene rings is 2. The normalized spacial score (nSPS) is 11.8. The summed E-state index contributed by atoms with van der Waals surface area (Å²) in [5, 5.41) is 10.5. The molecule has 0 atom stereocenters. The fraction of sp³-hybridized carbons (Fsp3) is 0.0588. The summed E-state index contributed by atoms with van der Waals surface area (Å²) >= 11 is 8.74. The Hall–Kier alpha value is -1.82. The Morgan fingerprint density at radius 1 is 1.22 bits per heavy atom. The van der Waals surface area contributed by atoms with Gasteiger partial charge in [0.1, 0.15) is 5.01 Å². The van der Waals surface area contributed by atoms with E-state index >= 15 is 0 Å². The van der Waals surface area contributed by atoms with Crippen molar-refractivity contribution in [1.82, 2.24) is 4.98 Å². The maximum absolute atomic E-state index is 10.9. The highest BCUT2D eigenvalue weighted by molar-refractivity contribution is 8.09. The van der Waals surface area contributed by atoms with Crippen molar-refractivity contribution in [2.45, 2.75) is 0 Å². The first kappa shape index (κ1) is 16.1. The summed E-state index contributed by atoms with van der Waals surface area (Å²) in [7, 11) is 0. The van der Waals surface area contributed by atoms with Crippen molar-refractivity contribution in [1.29, 1.82) is 0 Å². The molecule has 1 heterocycles. The summed E-state index contributed by atoms with van der Waals surface area (Å²) < 4.78 is 1.08. The number of fused-ring (bicyclic) bond motifs is 1. The molecule has 0 radical (unpaired) electrons. The molecule has 0 bridgehead atoms. The van der Waals surface area contributed by atoms with Gasteiger partial charge in [-0.25, -0.2) is 4.98 Å². The SMILES string of the molecule is O=C(O)CS/C(=C\c1ccc(Cl)cc1)c1nc2ccccc2s1. The molecule has 0 amide bonds. The van der Waals surface area contributed by atoms with Gasteiger partial charge in [-0.05, 0) is 35.9 Å². The fourth-order valence-corrected chi connectivity index (χ4v) is 3.96. The van der Waals surface area contributed by atoms with Crippen LogP contribution in [0.5, 0.6) is 0 Å². The molecule has 0 saturated carbocycles. The van der Waals surface area contributed by atoms with Gasteiger partial charge < -0.3 is 5.11 Å². The van der Waals surface area contributed by atoms with E-state index in [9.17, 15) is 4.79 Å². The van der Waals surface area contributed by atoms with Gasteiger partial charge in [0, 0.05) is 9.93 Å². The number of nitrogens with zero attached hydrogens (tertiary/aromatic N) is 1. The monoisotopic (exact) mass is 361 g/mol. The maximum atomic E-state index is 10.9. The van der Waals surface area contributed by atoms with Gasteiger partial charge in [-0.3, -0.25) is 4.79 Å². The highest BCUT2D eigenvalue weighted by atomic mass is 35.5. The highest BCUT2D eigenvalue weighted by Gasteiger charge is 2.11. The van der Waals surface area contributed by atoms with Crippen LogP contribution in [0.3, 0.4) is 0 Å². The largest absolute Gasteiger partial charge is 0.481 e. The number of carboxylic acids is 1. The molecular formula is C17H12ClNO2S2. The summed E-state index contributed by atoms with van der Waals surface area (Å²) in [5.41, 5.74) is 1.88. The number of carbonyl (C=O) groups is 1. The van der Waals surface area contributed by atoms with E-state index in [0.717, 1.165) is 25.7 Å². The number of aromatic nitrogens is 1. The lowest BCUT2D eigenvalue weighted by atomic mass is 10.2. The number of hydrogen-bond acceptors (Lipinski definition) is 4. The second kappa shape index (κ2) is 7.17. The summed E-state index contributed by atoms with van der Waals surface area (Å²) in [4.78, 5) is 16.4. The molecule has 0 aliphatic heterocycles. The first-order chi connectivity index (χ1) is 11.1.